The molecule has 0 aliphatic carbocycles. The van der Waals surface area contributed by atoms with Crippen LogP contribution in [0.15, 0.2) is 42.5 Å². The number of Topliss-reactive ketones (excluding diaryl/α,β-unsaturated/α-hetero) is 1. The smallest absolute Gasteiger partial charge is 0.338 e. The molecule has 0 unspecified atom stereocenters. The van der Waals surface area contributed by atoms with E-state index in [1.807, 2.05) is 0 Å². The number of nitrogen functional groups attached to an aromatic ring is 1. The summed E-state index contributed by atoms with van der Waals surface area (Å²) in [7, 11) is 0. The molecule has 0 saturated heterocycles. The van der Waals surface area contributed by atoms with Gasteiger partial charge in [0.25, 0.3) is 0 Å². The maximum Gasteiger partial charge on any atom is 0.338 e. The first-order chi connectivity index (χ1) is 11.0. The number of ether oxygens (including phenoxy) is 2. The standard InChI is InChI=1S/C17H16ClNO4/c1-11(20)13-4-2-3-5-16(13)22-8-9-23-17(21)12-6-7-14(18)15(19)10-12/h2-7,10H,8-9,19H2,1H3. The van der Waals surface area contributed by atoms with Gasteiger partial charge in [0, 0.05) is 0 Å². The third-order valence-electron chi connectivity index (χ3n) is 3.07. The number of ketones is 1. The average Bonchev–Trinajstić information content (AvgIpc) is 2.54. The minimum Gasteiger partial charge on any atom is -0.489 e. The highest BCUT2D eigenvalue weighted by molar-refractivity contribution is 6.33. The van der Waals surface area contributed by atoms with Crippen molar-refractivity contribution in [2.45, 2.75) is 6.92 Å². The zero-order valence-corrected chi connectivity index (χ0v) is 13.3. The van der Waals surface area contributed by atoms with Crippen LogP contribution in [-0.2, 0) is 4.74 Å². The molecule has 0 bridgehead atoms. The van der Waals surface area contributed by atoms with E-state index in [0.29, 0.717) is 27.6 Å². The second kappa shape index (κ2) is 7.65. The number of anilines is 1. The van der Waals surface area contributed by atoms with Gasteiger partial charge in [-0.05, 0) is 37.3 Å². The van der Waals surface area contributed by atoms with Gasteiger partial charge in [-0.15, -0.1) is 0 Å². The molecular weight excluding hydrogens is 318 g/mol. The molecule has 0 fully saturated rings. The number of hydrogen-bond acceptors (Lipinski definition) is 5. The Bertz CT molecular complexity index is 730. The largest absolute Gasteiger partial charge is 0.489 e. The van der Waals surface area contributed by atoms with Crippen LogP contribution in [0.3, 0.4) is 0 Å². The Kier molecular flexibility index (Phi) is 5.60. The highest BCUT2D eigenvalue weighted by atomic mass is 35.5. The maximum absolute atomic E-state index is 11.9. The van der Waals surface area contributed by atoms with E-state index in [9.17, 15) is 9.59 Å². The number of carbonyl (C=O) groups is 2. The molecule has 0 amide bonds. The van der Waals surface area contributed by atoms with E-state index in [1.54, 1.807) is 24.3 Å². The number of nitrogens with two attached hydrogens (primary N) is 1. The van der Waals surface area contributed by atoms with E-state index in [-0.39, 0.29) is 19.0 Å². The molecule has 0 atom stereocenters. The lowest BCUT2D eigenvalue weighted by molar-refractivity contribution is 0.0449. The zero-order valence-electron chi connectivity index (χ0n) is 12.5. The Morgan fingerprint density at radius 2 is 1.87 bits per heavy atom. The lowest BCUT2D eigenvalue weighted by Crippen LogP contribution is -2.13. The Balaban J connectivity index is 1.87. The summed E-state index contributed by atoms with van der Waals surface area (Å²) < 4.78 is 10.6. The van der Waals surface area contributed by atoms with Crippen LogP contribution in [0.2, 0.25) is 5.02 Å². The molecule has 2 aromatic rings. The van der Waals surface area contributed by atoms with Gasteiger partial charge in [-0.3, -0.25) is 4.79 Å². The predicted octanol–water partition coefficient (Wildman–Crippen LogP) is 3.36. The lowest BCUT2D eigenvalue weighted by atomic mass is 10.1. The van der Waals surface area contributed by atoms with Crippen molar-refractivity contribution in [1.29, 1.82) is 0 Å². The number of hydrogen-bond donors (Lipinski definition) is 1. The summed E-state index contributed by atoms with van der Waals surface area (Å²) in [5, 5.41) is 0.380. The third-order valence-corrected chi connectivity index (χ3v) is 3.42. The number of rotatable bonds is 6. The molecule has 0 aliphatic rings. The summed E-state index contributed by atoms with van der Waals surface area (Å²) in [4.78, 5) is 23.3. The molecule has 23 heavy (non-hydrogen) atoms. The van der Waals surface area contributed by atoms with E-state index < -0.39 is 5.97 Å². The highest BCUT2D eigenvalue weighted by Crippen LogP contribution is 2.20. The van der Waals surface area contributed by atoms with Crippen molar-refractivity contribution < 1.29 is 19.1 Å². The van der Waals surface area contributed by atoms with E-state index in [1.165, 1.54) is 25.1 Å². The average molecular weight is 334 g/mol. The van der Waals surface area contributed by atoms with Crippen LogP contribution in [0, 0.1) is 0 Å². The molecule has 2 N–H and O–H groups in total. The molecule has 5 nitrogen and oxygen atoms in total. The summed E-state index contributed by atoms with van der Waals surface area (Å²) in [5.74, 6) is -0.141. The zero-order chi connectivity index (χ0) is 16.8. The van der Waals surface area contributed by atoms with E-state index in [2.05, 4.69) is 0 Å². The molecule has 6 heteroatoms. The molecule has 0 aliphatic heterocycles. The Hall–Kier alpha value is -2.53. The van der Waals surface area contributed by atoms with Crippen molar-refractivity contribution in [3.8, 4) is 5.75 Å². The van der Waals surface area contributed by atoms with Gasteiger partial charge >= 0.3 is 5.97 Å². The van der Waals surface area contributed by atoms with Gasteiger partial charge < -0.3 is 15.2 Å². The van der Waals surface area contributed by atoms with Gasteiger partial charge in [-0.1, -0.05) is 23.7 Å². The Labute approximate surface area is 139 Å². The summed E-state index contributed by atoms with van der Waals surface area (Å²) in [5.41, 5.74) is 6.76. The second-order valence-electron chi connectivity index (χ2n) is 4.77. The topological polar surface area (TPSA) is 78.6 Å². The third kappa shape index (κ3) is 4.47. The summed E-state index contributed by atoms with van der Waals surface area (Å²) >= 11 is 5.80. The monoisotopic (exact) mass is 333 g/mol. The van der Waals surface area contributed by atoms with Crippen LogP contribution in [0.5, 0.6) is 5.75 Å². The van der Waals surface area contributed by atoms with Crippen LogP contribution < -0.4 is 10.5 Å². The fraction of sp³-hybridized carbons (Fsp3) is 0.176. The molecule has 0 saturated carbocycles. The van der Waals surface area contributed by atoms with E-state index >= 15 is 0 Å². The number of halogens is 1. The van der Waals surface area contributed by atoms with Gasteiger partial charge in [0.1, 0.15) is 19.0 Å². The first-order valence-electron chi connectivity index (χ1n) is 6.94. The number of esters is 1. The molecule has 0 radical (unpaired) electrons. The van der Waals surface area contributed by atoms with Crippen LogP contribution in [0.1, 0.15) is 27.6 Å². The van der Waals surface area contributed by atoms with Crippen molar-refractivity contribution in [3.63, 3.8) is 0 Å². The molecule has 2 rings (SSSR count). The molecule has 0 spiro atoms. The van der Waals surface area contributed by atoms with Crippen molar-refractivity contribution in [1.82, 2.24) is 0 Å². The van der Waals surface area contributed by atoms with Crippen molar-refractivity contribution >= 4 is 29.0 Å². The second-order valence-corrected chi connectivity index (χ2v) is 5.18. The summed E-state index contributed by atoms with van der Waals surface area (Å²) in [6.45, 7) is 1.65. The highest BCUT2D eigenvalue weighted by Gasteiger charge is 2.10. The molecule has 2 aromatic carbocycles. The van der Waals surface area contributed by atoms with Gasteiger partial charge in [0.15, 0.2) is 5.78 Å². The van der Waals surface area contributed by atoms with Gasteiger partial charge in [0.05, 0.1) is 21.8 Å². The molecule has 120 valence electrons. The first kappa shape index (κ1) is 16.8. The van der Waals surface area contributed by atoms with Gasteiger partial charge in [-0.25, -0.2) is 4.79 Å². The maximum atomic E-state index is 11.9. The summed E-state index contributed by atoms with van der Waals surface area (Å²) in [6, 6.07) is 11.4. The minimum absolute atomic E-state index is 0.0492. The minimum atomic E-state index is -0.517. The quantitative estimate of drug-likeness (QED) is 0.379. The Morgan fingerprint density at radius 3 is 2.57 bits per heavy atom. The van der Waals surface area contributed by atoms with Gasteiger partial charge in [-0.2, -0.15) is 0 Å². The molecular formula is C17H16ClNO4. The molecule has 0 heterocycles. The molecule has 0 aromatic heterocycles. The van der Waals surface area contributed by atoms with Crippen LogP contribution in [0.4, 0.5) is 5.69 Å². The van der Waals surface area contributed by atoms with E-state index in [0.717, 1.165) is 0 Å². The number of benzene rings is 2. The predicted molar refractivity (Wildman–Crippen MR) is 88.1 cm³/mol. The van der Waals surface area contributed by atoms with Crippen molar-refractivity contribution in [2.24, 2.45) is 0 Å². The van der Waals surface area contributed by atoms with Gasteiger partial charge in [0.2, 0.25) is 0 Å². The van der Waals surface area contributed by atoms with Crippen molar-refractivity contribution in [3.05, 3.63) is 58.6 Å². The van der Waals surface area contributed by atoms with Crippen LogP contribution in [0.25, 0.3) is 0 Å². The SMILES string of the molecule is CC(=O)c1ccccc1OCCOC(=O)c1ccc(Cl)c(N)c1. The van der Waals surface area contributed by atoms with Crippen LogP contribution in [-0.4, -0.2) is 25.0 Å². The normalized spacial score (nSPS) is 10.2. The fourth-order valence-corrected chi connectivity index (χ4v) is 2.04. The fourth-order valence-electron chi connectivity index (χ4n) is 1.92. The Morgan fingerprint density at radius 1 is 1.13 bits per heavy atom. The lowest BCUT2D eigenvalue weighted by Gasteiger charge is -2.10. The number of para-hydroxylation sites is 1. The van der Waals surface area contributed by atoms with E-state index in [4.69, 9.17) is 26.8 Å². The number of carbonyl (C=O) groups excluding carboxylic acids is 2. The van der Waals surface area contributed by atoms with Crippen LogP contribution >= 0.6 is 11.6 Å². The van der Waals surface area contributed by atoms with Crippen molar-refractivity contribution in [2.75, 3.05) is 18.9 Å². The first-order valence-corrected chi connectivity index (χ1v) is 7.31. The summed E-state index contributed by atoms with van der Waals surface area (Å²) in [6.07, 6.45) is 0.